The number of carbonyl (C=O) groups is 2. The molecule has 2 heterocycles. The minimum atomic E-state index is -4.11. The smallest absolute Gasteiger partial charge is 0.268 e. The molecule has 0 radical (unpaired) electrons. The average molecular weight is 615 g/mol. The van der Waals surface area contributed by atoms with E-state index in [2.05, 4.69) is 0 Å². The van der Waals surface area contributed by atoms with E-state index in [9.17, 15) is 23.1 Å². The fourth-order valence-corrected chi connectivity index (χ4v) is 7.07. The molecule has 5 aromatic carbocycles. The van der Waals surface area contributed by atoms with Crippen LogP contribution in [0.15, 0.2) is 126 Å². The monoisotopic (exact) mass is 614 g/mol. The second kappa shape index (κ2) is 10.8. The number of aromatic nitrogens is 1. The number of imide groups is 1. The maximum Gasteiger partial charge on any atom is 0.268 e. The molecule has 1 aliphatic heterocycles. The molecule has 0 aliphatic carbocycles. The molecule has 7 rings (SSSR count). The van der Waals surface area contributed by atoms with Crippen LogP contribution >= 0.6 is 0 Å². The Kier molecular flexibility index (Phi) is 6.75. The van der Waals surface area contributed by atoms with E-state index in [1.165, 1.54) is 25.4 Å². The van der Waals surface area contributed by atoms with Crippen molar-refractivity contribution in [1.29, 1.82) is 0 Å². The normalized spacial score (nSPS) is 13.8. The van der Waals surface area contributed by atoms with Gasteiger partial charge in [-0.1, -0.05) is 72.8 Å². The van der Waals surface area contributed by atoms with Crippen molar-refractivity contribution < 1.29 is 27.9 Å². The average Bonchev–Trinajstić information content (AvgIpc) is 3.54. The number of phenols is 1. The van der Waals surface area contributed by atoms with Crippen LogP contribution in [0.1, 0.15) is 16.7 Å². The van der Waals surface area contributed by atoms with E-state index in [-0.39, 0.29) is 39.5 Å². The third-order valence-corrected chi connectivity index (χ3v) is 9.67. The maximum atomic E-state index is 13.9. The van der Waals surface area contributed by atoms with Gasteiger partial charge in [0.05, 0.1) is 21.6 Å². The highest BCUT2D eigenvalue weighted by atomic mass is 32.2. The van der Waals surface area contributed by atoms with Crippen molar-refractivity contribution in [2.45, 2.75) is 11.5 Å². The fraction of sp³-hybridized carbons (Fsp3) is 0.0556. The van der Waals surface area contributed by atoms with Crippen molar-refractivity contribution in [3.63, 3.8) is 0 Å². The summed E-state index contributed by atoms with van der Waals surface area (Å²) in [5.74, 6) is -0.952. The zero-order chi connectivity index (χ0) is 31.3. The van der Waals surface area contributed by atoms with Gasteiger partial charge < -0.3 is 9.84 Å². The third-order valence-electron chi connectivity index (χ3n) is 7.98. The van der Waals surface area contributed by atoms with Gasteiger partial charge in [0.15, 0.2) is 0 Å². The van der Waals surface area contributed by atoms with Crippen LogP contribution in [0.4, 0.5) is 0 Å². The van der Waals surface area contributed by atoms with Crippen molar-refractivity contribution in [1.82, 2.24) is 8.87 Å². The molecular weight excluding hydrogens is 588 g/mol. The lowest BCUT2D eigenvalue weighted by Gasteiger charge is -2.10. The standard InChI is InChI=1S/C36H26N2O6S/c1-37-35(40)33(29-18-24-12-8-9-13-25(24)19-32(29)39)34(36(37)41)30-21-38(45(42,43)27-14-6-3-7-15-27)31-17-16-26(20-28(30)31)44-22-23-10-4-2-5-11-23/h2-21,39H,22H2,1H3. The van der Waals surface area contributed by atoms with Crippen LogP contribution in [0.5, 0.6) is 11.5 Å². The van der Waals surface area contributed by atoms with Crippen LogP contribution in [-0.4, -0.2) is 41.3 Å². The Morgan fingerprint density at radius 3 is 2.00 bits per heavy atom. The summed E-state index contributed by atoms with van der Waals surface area (Å²) in [4.78, 5) is 28.5. The first-order valence-electron chi connectivity index (χ1n) is 14.2. The number of fused-ring (bicyclic) bond motifs is 2. The number of ether oxygens (including phenoxy) is 1. The van der Waals surface area contributed by atoms with Crippen molar-refractivity contribution in [2.24, 2.45) is 0 Å². The molecule has 8 nitrogen and oxygen atoms in total. The first-order valence-corrected chi connectivity index (χ1v) is 15.6. The van der Waals surface area contributed by atoms with Crippen LogP contribution in [0.3, 0.4) is 0 Å². The van der Waals surface area contributed by atoms with E-state index in [0.717, 1.165) is 25.2 Å². The van der Waals surface area contributed by atoms with Crippen LogP contribution in [0.25, 0.3) is 32.8 Å². The van der Waals surface area contributed by atoms with Gasteiger partial charge >= 0.3 is 0 Å². The first kappa shape index (κ1) is 28.1. The number of amides is 2. The molecule has 0 saturated heterocycles. The summed E-state index contributed by atoms with van der Waals surface area (Å²) in [7, 11) is -2.75. The number of rotatable bonds is 7. The molecule has 0 spiro atoms. The predicted molar refractivity (Wildman–Crippen MR) is 172 cm³/mol. The van der Waals surface area contributed by atoms with Gasteiger partial charge in [-0.15, -0.1) is 0 Å². The van der Waals surface area contributed by atoms with Crippen LogP contribution in [0.2, 0.25) is 0 Å². The molecule has 0 saturated carbocycles. The van der Waals surface area contributed by atoms with Crippen molar-refractivity contribution in [3.05, 3.63) is 138 Å². The topological polar surface area (TPSA) is 106 Å². The second-order valence-electron chi connectivity index (χ2n) is 10.7. The molecule has 0 fully saturated rings. The Bertz CT molecular complexity index is 2290. The third kappa shape index (κ3) is 4.74. The largest absolute Gasteiger partial charge is 0.507 e. The van der Waals surface area contributed by atoms with E-state index in [0.29, 0.717) is 16.7 Å². The zero-order valence-electron chi connectivity index (χ0n) is 24.0. The number of aromatic hydroxyl groups is 1. The molecule has 6 aromatic rings. The summed E-state index contributed by atoms with van der Waals surface area (Å²) in [5, 5.41) is 13.0. The molecule has 2 amide bonds. The lowest BCUT2D eigenvalue weighted by atomic mass is 9.93. The van der Waals surface area contributed by atoms with Gasteiger partial charge in [-0.25, -0.2) is 12.4 Å². The summed E-state index contributed by atoms with van der Waals surface area (Å²) in [6, 6.07) is 33.1. The summed E-state index contributed by atoms with van der Waals surface area (Å²) in [5.41, 5.74) is 1.61. The summed E-state index contributed by atoms with van der Waals surface area (Å²) in [6.45, 7) is 0.268. The molecule has 0 unspecified atom stereocenters. The second-order valence-corrected chi connectivity index (χ2v) is 12.6. The molecule has 9 heteroatoms. The summed E-state index contributed by atoms with van der Waals surface area (Å²) in [6.07, 6.45) is 1.37. The molecule has 0 bridgehead atoms. The van der Waals surface area contributed by atoms with Gasteiger partial charge in [0, 0.05) is 29.8 Å². The van der Waals surface area contributed by atoms with Gasteiger partial charge in [-0.3, -0.25) is 14.5 Å². The SMILES string of the molecule is CN1C(=O)C(c2cc3ccccc3cc2O)=C(c2cn(S(=O)(=O)c3ccccc3)c3ccc(OCc4ccccc4)cc23)C1=O. The number of benzene rings is 5. The molecule has 1 aliphatic rings. The molecular formula is C36H26N2O6S. The van der Waals surface area contributed by atoms with Gasteiger partial charge in [0.1, 0.15) is 18.1 Å². The quantitative estimate of drug-likeness (QED) is 0.214. The van der Waals surface area contributed by atoms with E-state index in [1.54, 1.807) is 48.5 Å². The number of hydrogen-bond donors (Lipinski definition) is 1. The zero-order valence-corrected chi connectivity index (χ0v) is 24.9. The fourth-order valence-electron chi connectivity index (χ4n) is 5.68. The molecule has 222 valence electrons. The highest BCUT2D eigenvalue weighted by Gasteiger charge is 2.40. The first-order chi connectivity index (χ1) is 21.7. The summed E-state index contributed by atoms with van der Waals surface area (Å²) < 4.78 is 35.1. The Morgan fingerprint density at radius 1 is 0.711 bits per heavy atom. The lowest BCUT2D eigenvalue weighted by Crippen LogP contribution is -2.26. The van der Waals surface area contributed by atoms with E-state index in [1.807, 2.05) is 54.6 Å². The van der Waals surface area contributed by atoms with E-state index < -0.39 is 21.8 Å². The van der Waals surface area contributed by atoms with Gasteiger partial charge in [0.25, 0.3) is 21.8 Å². The Balaban J connectivity index is 1.48. The van der Waals surface area contributed by atoms with Crippen molar-refractivity contribution in [3.8, 4) is 11.5 Å². The van der Waals surface area contributed by atoms with Gasteiger partial charge in [0.2, 0.25) is 0 Å². The van der Waals surface area contributed by atoms with E-state index in [4.69, 9.17) is 4.74 Å². The van der Waals surface area contributed by atoms with Crippen LogP contribution in [-0.2, 0) is 26.2 Å². The predicted octanol–water partition coefficient (Wildman–Crippen LogP) is 6.23. The lowest BCUT2D eigenvalue weighted by molar-refractivity contribution is -0.134. The highest BCUT2D eigenvalue weighted by Crippen LogP contribution is 2.43. The minimum Gasteiger partial charge on any atom is -0.507 e. The molecule has 1 N–H and O–H groups in total. The highest BCUT2D eigenvalue weighted by molar-refractivity contribution is 7.90. The number of hydrogen-bond acceptors (Lipinski definition) is 6. The minimum absolute atomic E-state index is 0.0136. The Labute approximate surface area is 259 Å². The summed E-state index contributed by atoms with van der Waals surface area (Å²) >= 11 is 0. The number of likely N-dealkylation sites (N-methyl/N-ethyl adjacent to an activating group) is 1. The number of nitrogens with zero attached hydrogens (tertiary/aromatic N) is 2. The Morgan fingerprint density at radius 2 is 1.31 bits per heavy atom. The van der Waals surface area contributed by atoms with E-state index >= 15 is 0 Å². The molecule has 1 aromatic heterocycles. The van der Waals surface area contributed by atoms with Crippen molar-refractivity contribution in [2.75, 3.05) is 7.05 Å². The van der Waals surface area contributed by atoms with Crippen LogP contribution < -0.4 is 4.74 Å². The van der Waals surface area contributed by atoms with Gasteiger partial charge in [-0.2, -0.15) is 0 Å². The Hall–Kier alpha value is -5.67. The van der Waals surface area contributed by atoms with Gasteiger partial charge in [-0.05, 0) is 58.8 Å². The number of phenolic OH excluding ortho intramolecular Hbond substituents is 1. The maximum absolute atomic E-state index is 13.9. The molecule has 0 atom stereocenters. The van der Waals surface area contributed by atoms with Crippen LogP contribution in [0, 0.1) is 0 Å². The van der Waals surface area contributed by atoms with Crippen molar-refractivity contribution >= 4 is 54.7 Å². The molecule has 45 heavy (non-hydrogen) atoms. The number of carbonyl (C=O) groups excluding carboxylic acids is 2.